The molecule has 0 aromatic rings. The third-order valence-electron chi connectivity index (χ3n) is 11.2. The van der Waals surface area contributed by atoms with Crippen LogP contribution in [0.2, 0.25) is 0 Å². The normalized spacial score (nSPS) is 12.4. The zero-order valence-electron chi connectivity index (χ0n) is 36.7. The molecule has 2 atom stereocenters. The maximum absolute atomic E-state index is 12.7. The predicted octanol–water partition coefficient (Wildman–Crippen LogP) is 15.1. The second-order valence-corrected chi connectivity index (χ2v) is 16.6. The van der Waals surface area contributed by atoms with Crippen molar-refractivity contribution in [2.75, 3.05) is 13.2 Å². The van der Waals surface area contributed by atoms with E-state index in [-0.39, 0.29) is 31.1 Å². The minimum absolute atomic E-state index is 0.0639. The molecule has 0 N–H and O–H groups in total. The van der Waals surface area contributed by atoms with Crippen molar-refractivity contribution in [1.82, 2.24) is 0 Å². The van der Waals surface area contributed by atoms with Crippen LogP contribution in [0, 0.1) is 5.92 Å². The van der Waals surface area contributed by atoms with E-state index in [1.165, 1.54) is 161 Å². The van der Waals surface area contributed by atoms with Crippen LogP contribution in [0.15, 0.2) is 0 Å². The van der Waals surface area contributed by atoms with Crippen molar-refractivity contribution in [3.63, 3.8) is 0 Å². The van der Waals surface area contributed by atoms with E-state index in [1.54, 1.807) is 0 Å². The first-order valence-electron chi connectivity index (χ1n) is 23.9. The highest BCUT2D eigenvalue weighted by atomic mass is 16.6. The molecule has 0 aliphatic heterocycles. The molecule has 0 heterocycles. The van der Waals surface area contributed by atoms with Crippen molar-refractivity contribution in [2.24, 2.45) is 5.92 Å². The maximum Gasteiger partial charge on any atom is 0.306 e. The highest BCUT2D eigenvalue weighted by Gasteiger charge is 2.19. The fourth-order valence-electron chi connectivity index (χ4n) is 7.12. The number of unbranched alkanes of at least 4 members (excludes halogenated alkanes) is 29. The lowest BCUT2D eigenvalue weighted by Gasteiger charge is -2.18. The lowest BCUT2D eigenvalue weighted by Crippen LogP contribution is -2.30. The fourth-order valence-corrected chi connectivity index (χ4v) is 7.12. The third-order valence-corrected chi connectivity index (χ3v) is 11.2. The molecule has 0 aliphatic carbocycles. The summed E-state index contributed by atoms with van der Waals surface area (Å²) < 4.78 is 16.7. The van der Waals surface area contributed by atoms with Gasteiger partial charge in [-0.2, -0.15) is 0 Å². The Bertz CT molecular complexity index is 813. The number of hydrogen-bond donors (Lipinski definition) is 0. The van der Waals surface area contributed by atoms with Crippen LogP contribution in [-0.2, 0) is 28.6 Å². The smallest absolute Gasteiger partial charge is 0.306 e. The van der Waals surface area contributed by atoms with Crippen LogP contribution in [0.1, 0.15) is 265 Å². The summed E-state index contributed by atoms with van der Waals surface area (Å²) in [5, 5.41) is 0. The van der Waals surface area contributed by atoms with Gasteiger partial charge in [-0.15, -0.1) is 0 Å². The molecule has 0 aromatic carbocycles. The van der Waals surface area contributed by atoms with Gasteiger partial charge in [0.25, 0.3) is 0 Å². The van der Waals surface area contributed by atoms with E-state index in [0.717, 1.165) is 63.7 Å². The molecular formula is C48H92O6. The monoisotopic (exact) mass is 765 g/mol. The second-order valence-electron chi connectivity index (χ2n) is 16.6. The van der Waals surface area contributed by atoms with Crippen LogP contribution in [0.5, 0.6) is 0 Å². The van der Waals surface area contributed by atoms with E-state index in [2.05, 4.69) is 27.7 Å². The average Bonchev–Trinajstić information content (AvgIpc) is 3.17. The van der Waals surface area contributed by atoms with Gasteiger partial charge in [0, 0.05) is 19.3 Å². The Kier molecular flexibility index (Phi) is 41.3. The Morgan fingerprint density at radius 1 is 0.370 bits per heavy atom. The number of esters is 3. The molecule has 0 fully saturated rings. The molecule has 6 nitrogen and oxygen atoms in total. The number of rotatable bonds is 43. The van der Waals surface area contributed by atoms with Gasteiger partial charge in [-0.1, -0.05) is 227 Å². The highest BCUT2D eigenvalue weighted by Crippen LogP contribution is 2.17. The van der Waals surface area contributed by atoms with Crippen LogP contribution in [0.25, 0.3) is 0 Å². The fraction of sp³-hybridized carbons (Fsp3) is 0.938. The third kappa shape index (κ3) is 40.1. The van der Waals surface area contributed by atoms with Crippen molar-refractivity contribution >= 4 is 17.9 Å². The first-order valence-corrected chi connectivity index (χ1v) is 23.9. The Labute approximate surface area is 336 Å². The van der Waals surface area contributed by atoms with Crippen LogP contribution in [0.3, 0.4) is 0 Å². The van der Waals surface area contributed by atoms with E-state index >= 15 is 0 Å². The van der Waals surface area contributed by atoms with E-state index in [9.17, 15) is 14.4 Å². The number of carbonyl (C=O) groups is 3. The Balaban J connectivity index is 4.33. The molecule has 320 valence electrons. The van der Waals surface area contributed by atoms with Gasteiger partial charge in [-0.05, 0) is 25.2 Å². The van der Waals surface area contributed by atoms with E-state index < -0.39 is 6.10 Å². The molecule has 0 saturated carbocycles. The van der Waals surface area contributed by atoms with E-state index in [1.807, 2.05) is 0 Å². The largest absolute Gasteiger partial charge is 0.462 e. The summed E-state index contributed by atoms with van der Waals surface area (Å²) in [7, 11) is 0. The van der Waals surface area contributed by atoms with Gasteiger partial charge in [-0.3, -0.25) is 14.4 Å². The summed E-state index contributed by atoms with van der Waals surface area (Å²) in [5.41, 5.74) is 0. The predicted molar refractivity (Wildman–Crippen MR) is 229 cm³/mol. The standard InChI is InChI=1S/C48H92O6/c1-5-8-10-12-14-16-18-20-22-24-26-31-35-39-46(49)52-42-45(43-53-47(50)40-36-32-29-28-30-34-38-44(4)7-3)54-48(51)41-37-33-27-25-23-21-19-17-15-13-11-9-6-2/h44-45H,5-43H2,1-4H3/t44?,45-/m0/s1. The SMILES string of the molecule is CCCCCCCCCCCCCCCC(=O)OC[C@@H](COC(=O)CCCCCCCCC(C)CC)OC(=O)CCCCCCCCCCCCCCC. The summed E-state index contributed by atoms with van der Waals surface area (Å²) in [6.07, 6.45) is 42.2. The van der Waals surface area contributed by atoms with Gasteiger partial charge in [0.15, 0.2) is 6.10 Å². The summed E-state index contributed by atoms with van der Waals surface area (Å²) in [6, 6.07) is 0. The lowest BCUT2D eigenvalue weighted by atomic mass is 10.00. The summed E-state index contributed by atoms with van der Waals surface area (Å²) in [4.78, 5) is 37.8. The van der Waals surface area contributed by atoms with Crippen molar-refractivity contribution in [3.8, 4) is 0 Å². The molecule has 0 aromatic heterocycles. The molecule has 0 spiro atoms. The Morgan fingerprint density at radius 2 is 0.648 bits per heavy atom. The van der Waals surface area contributed by atoms with Gasteiger partial charge in [0.1, 0.15) is 13.2 Å². The first-order chi connectivity index (χ1) is 26.4. The van der Waals surface area contributed by atoms with Gasteiger partial charge in [-0.25, -0.2) is 0 Å². The van der Waals surface area contributed by atoms with Gasteiger partial charge in [0.2, 0.25) is 0 Å². The zero-order chi connectivity index (χ0) is 39.6. The van der Waals surface area contributed by atoms with Gasteiger partial charge >= 0.3 is 17.9 Å². The first kappa shape index (κ1) is 52.4. The molecule has 0 amide bonds. The second kappa shape index (κ2) is 42.6. The minimum Gasteiger partial charge on any atom is -0.462 e. The van der Waals surface area contributed by atoms with Crippen molar-refractivity contribution in [1.29, 1.82) is 0 Å². The zero-order valence-corrected chi connectivity index (χ0v) is 36.7. The van der Waals surface area contributed by atoms with E-state index in [0.29, 0.717) is 19.3 Å². The van der Waals surface area contributed by atoms with Crippen molar-refractivity contribution in [3.05, 3.63) is 0 Å². The molecule has 0 aliphatic rings. The molecule has 54 heavy (non-hydrogen) atoms. The topological polar surface area (TPSA) is 78.9 Å². The lowest BCUT2D eigenvalue weighted by molar-refractivity contribution is -0.167. The summed E-state index contributed by atoms with van der Waals surface area (Å²) >= 11 is 0. The molecule has 0 saturated heterocycles. The van der Waals surface area contributed by atoms with Gasteiger partial charge in [0.05, 0.1) is 0 Å². The maximum atomic E-state index is 12.7. The van der Waals surface area contributed by atoms with Crippen LogP contribution in [-0.4, -0.2) is 37.2 Å². The Morgan fingerprint density at radius 3 is 0.963 bits per heavy atom. The molecule has 0 radical (unpaired) electrons. The number of carbonyl (C=O) groups excluding carboxylic acids is 3. The number of hydrogen-bond acceptors (Lipinski definition) is 6. The Hall–Kier alpha value is -1.59. The summed E-state index contributed by atoms with van der Waals surface area (Å²) in [5.74, 6) is -0.0385. The molecule has 0 rings (SSSR count). The van der Waals surface area contributed by atoms with Crippen LogP contribution >= 0.6 is 0 Å². The number of ether oxygens (including phenoxy) is 3. The van der Waals surface area contributed by atoms with Crippen molar-refractivity contribution in [2.45, 2.75) is 271 Å². The minimum atomic E-state index is -0.760. The summed E-state index contributed by atoms with van der Waals surface area (Å²) in [6.45, 7) is 8.98. The molecule has 0 bridgehead atoms. The van der Waals surface area contributed by atoms with Crippen molar-refractivity contribution < 1.29 is 28.6 Å². The molecular weight excluding hydrogens is 673 g/mol. The molecule has 1 unspecified atom stereocenters. The van der Waals surface area contributed by atoms with Crippen LogP contribution < -0.4 is 0 Å². The van der Waals surface area contributed by atoms with Crippen LogP contribution in [0.4, 0.5) is 0 Å². The molecule has 6 heteroatoms. The van der Waals surface area contributed by atoms with Gasteiger partial charge < -0.3 is 14.2 Å². The van der Waals surface area contributed by atoms with E-state index in [4.69, 9.17) is 14.2 Å². The average molecular weight is 765 g/mol. The quantitative estimate of drug-likeness (QED) is 0.0349. The highest BCUT2D eigenvalue weighted by molar-refractivity contribution is 5.71.